The largest absolute Gasteiger partial charge is 0.317 e. The van der Waals surface area contributed by atoms with Gasteiger partial charge in [-0.2, -0.15) is 0 Å². The molecule has 0 amide bonds. The predicted octanol–water partition coefficient (Wildman–Crippen LogP) is 1.62. The van der Waals surface area contributed by atoms with Gasteiger partial charge in [0.2, 0.25) is 0 Å². The minimum absolute atomic E-state index is 0.696. The lowest BCUT2D eigenvalue weighted by Crippen LogP contribution is -2.38. The van der Waals surface area contributed by atoms with Gasteiger partial charge >= 0.3 is 0 Å². The molecule has 0 aliphatic carbocycles. The van der Waals surface area contributed by atoms with Crippen LogP contribution in [-0.2, 0) is 0 Å². The Morgan fingerprint density at radius 1 is 1.25 bits per heavy atom. The topological polar surface area (TPSA) is 24.1 Å². The smallest absolute Gasteiger partial charge is 0.00649 e. The molecule has 2 nitrogen and oxygen atoms in total. The first-order valence-electron chi connectivity index (χ1n) is 5.22. The van der Waals surface area contributed by atoms with Crippen LogP contribution in [-0.4, -0.2) is 26.2 Å². The highest BCUT2D eigenvalue weighted by molar-refractivity contribution is 4.76. The maximum Gasteiger partial charge on any atom is 0.00649 e. The highest BCUT2D eigenvalue weighted by atomic mass is 14.9. The lowest BCUT2D eigenvalue weighted by molar-refractivity contribution is 0.304. The van der Waals surface area contributed by atoms with Crippen LogP contribution in [0.2, 0.25) is 0 Å². The van der Waals surface area contributed by atoms with Crippen molar-refractivity contribution in [3.05, 3.63) is 0 Å². The average molecular weight is 172 g/mol. The number of piperidine rings is 1. The summed E-state index contributed by atoms with van der Waals surface area (Å²) >= 11 is 0. The molecule has 2 heteroatoms. The number of hydrogen-bond acceptors (Lipinski definition) is 2. The Balaban J connectivity index is 0.000000561. The van der Waals surface area contributed by atoms with Gasteiger partial charge in [-0.3, -0.25) is 0 Å². The van der Waals surface area contributed by atoms with E-state index in [4.69, 9.17) is 0 Å². The summed E-state index contributed by atoms with van der Waals surface area (Å²) < 4.78 is 0. The molecule has 74 valence electrons. The van der Waals surface area contributed by atoms with E-state index in [0.717, 1.165) is 5.92 Å². The van der Waals surface area contributed by atoms with E-state index in [1.807, 2.05) is 20.9 Å². The number of hydrogen-bond donors (Lipinski definition) is 2. The average Bonchev–Trinajstić information content (AvgIpc) is 2.21. The first-order valence-corrected chi connectivity index (χ1v) is 5.22. The van der Waals surface area contributed by atoms with Crippen molar-refractivity contribution in [2.45, 2.75) is 39.7 Å². The van der Waals surface area contributed by atoms with Gasteiger partial charge in [0.25, 0.3) is 0 Å². The summed E-state index contributed by atoms with van der Waals surface area (Å²) in [6, 6.07) is 0.696. The van der Waals surface area contributed by atoms with Crippen molar-refractivity contribution in [2.75, 3.05) is 20.1 Å². The maximum atomic E-state index is 3.37. The van der Waals surface area contributed by atoms with Gasteiger partial charge in [-0.05, 0) is 45.8 Å². The fourth-order valence-electron chi connectivity index (χ4n) is 1.58. The number of rotatable bonds is 2. The molecule has 2 N–H and O–H groups in total. The van der Waals surface area contributed by atoms with Crippen molar-refractivity contribution >= 4 is 0 Å². The van der Waals surface area contributed by atoms with Gasteiger partial charge in [-0.15, -0.1) is 0 Å². The minimum Gasteiger partial charge on any atom is -0.317 e. The molecule has 0 aromatic carbocycles. The SMILES string of the molecule is CC.CNC(C)C1CCNCC1. The summed E-state index contributed by atoms with van der Waals surface area (Å²) in [5, 5.41) is 6.67. The Bertz CT molecular complexity index is 87.8. The summed E-state index contributed by atoms with van der Waals surface area (Å²) in [5.41, 5.74) is 0. The third kappa shape index (κ3) is 4.07. The molecule has 1 aliphatic heterocycles. The van der Waals surface area contributed by atoms with Crippen LogP contribution in [0.3, 0.4) is 0 Å². The van der Waals surface area contributed by atoms with Crippen molar-refractivity contribution in [1.82, 2.24) is 10.6 Å². The second-order valence-electron chi connectivity index (χ2n) is 3.16. The normalized spacial score (nSPS) is 21.0. The molecule has 1 fully saturated rings. The van der Waals surface area contributed by atoms with Crippen molar-refractivity contribution in [3.8, 4) is 0 Å². The van der Waals surface area contributed by atoms with Crippen LogP contribution in [0.5, 0.6) is 0 Å². The quantitative estimate of drug-likeness (QED) is 0.661. The van der Waals surface area contributed by atoms with E-state index in [2.05, 4.69) is 17.6 Å². The third-order valence-electron chi connectivity index (χ3n) is 2.55. The molecular weight excluding hydrogens is 148 g/mol. The molecule has 1 rings (SSSR count). The molecule has 1 atom stereocenters. The van der Waals surface area contributed by atoms with Crippen LogP contribution < -0.4 is 10.6 Å². The van der Waals surface area contributed by atoms with Crippen LogP contribution in [0.15, 0.2) is 0 Å². The second kappa shape index (κ2) is 7.56. The zero-order valence-corrected chi connectivity index (χ0v) is 8.98. The van der Waals surface area contributed by atoms with Crippen LogP contribution in [0, 0.1) is 5.92 Å². The molecule has 1 saturated heterocycles. The monoisotopic (exact) mass is 172 g/mol. The summed E-state index contributed by atoms with van der Waals surface area (Å²) in [7, 11) is 2.05. The molecule has 1 heterocycles. The first-order chi connectivity index (χ1) is 5.84. The van der Waals surface area contributed by atoms with E-state index >= 15 is 0 Å². The molecule has 0 aromatic heterocycles. The lowest BCUT2D eigenvalue weighted by atomic mass is 9.91. The molecular formula is C10H24N2. The van der Waals surface area contributed by atoms with Crippen LogP contribution >= 0.6 is 0 Å². The molecule has 0 radical (unpaired) electrons. The van der Waals surface area contributed by atoms with Crippen molar-refractivity contribution < 1.29 is 0 Å². The Labute approximate surface area is 77.1 Å². The molecule has 0 spiro atoms. The van der Waals surface area contributed by atoms with E-state index in [0.29, 0.717) is 6.04 Å². The van der Waals surface area contributed by atoms with E-state index < -0.39 is 0 Å². The van der Waals surface area contributed by atoms with Crippen LogP contribution in [0.25, 0.3) is 0 Å². The molecule has 0 aromatic rings. The highest BCUT2D eigenvalue weighted by Crippen LogP contribution is 2.15. The Morgan fingerprint density at radius 3 is 2.17 bits per heavy atom. The second-order valence-corrected chi connectivity index (χ2v) is 3.16. The van der Waals surface area contributed by atoms with Gasteiger partial charge in [0.05, 0.1) is 0 Å². The molecule has 0 saturated carbocycles. The van der Waals surface area contributed by atoms with Gasteiger partial charge in [0, 0.05) is 6.04 Å². The van der Waals surface area contributed by atoms with E-state index in [9.17, 15) is 0 Å². The third-order valence-corrected chi connectivity index (χ3v) is 2.55. The zero-order chi connectivity index (χ0) is 9.40. The summed E-state index contributed by atoms with van der Waals surface area (Å²) in [5.74, 6) is 0.895. The first kappa shape index (κ1) is 11.9. The van der Waals surface area contributed by atoms with Gasteiger partial charge in [-0.1, -0.05) is 13.8 Å². The van der Waals surface area contributed by atoms with E-state index in [1.165, 1.54) is 25.9 Å². The molecule has 1 aliphatic rings. The Hall–Kier alpha value is -0.0800. The predicted molar refractivity (Wildman–Crippen MR) is 55.5 cm³/mol. The standard InChI is InChI=1S/C8H18N2.C2H6/c1-7(9-2)8-3-5-10-6-4-8;1-2/h7-10H,3-6H2,1-2H3;1-2H3. The van der Waals surface area contributed by atoms with E-state index in [1.54, 1.807) is 0 Å². The Morgan fingerprint density at radius 2 is 1.75 bits per heavy atom. The molecule has 1 unspecified atom stereocenters. The van der Waals surface area contributed by atoms with Crippen molar-refractivity contribution in [2.24, 2.45) is 5.92 Å². The van der Waals surface area contributed by atoms with Crippen LogP contribution in [0.1, 0.15) is 33.6 Å². The van der Waals surface area contributed by atoms with Crippen molar-refractivity contribution in [3.63, 3.8) is 0 Å². The van der Waals surface area contributed by atoms with Crippen molar-refractivity contribution in [1.29, 1.82) is 0 Å². The van der Waals surface area contributed by atoms with Gasteiger partial charge in [0.1, 0.15) is 0 Å². The zero-order valence-electron chi connectivity index (χ0n) is 8.98. The molecule has 12 heavy (non-hydrogen) atoms. The summed E-state index contributed by atoms with van der Waals surface area (Å²) in [6.45, 7) is 8.68. The minimum atomic E-state index is 0.696. The lowest BCUT2D eigenvalue weighted by Gasteiger charge is -2.27. The summed E-state index contributed by atoms with van der Waals surface area (Å²) in [6.07, 6.45) is 2.67. The number of nitrogens with one attached hydrogen (secondary N) is 2. The fourth-order valence-corrected chi connectivity index (χ4v) is 1.58. The van der Waals surface area contributed by atoms with Crippen LogP contribution in [0.4, 0.5) is 0 Å². The van der Waals surface area contributed by atoms with Gasteiger partial charge in [-0.25, -0.2) is 0 Å². The fraction of sp³-hybridized carbons (Fsp3) is 1.00. The molecule has 0 bridgehead atoms. The van der Waals surface area contributed by atoms with Gasteiger partial charge in [0.15, 0.2) is 0 Å². The van der Waals surface area contributed by atoms with E-state index in [-0.39, 0.29) is 0 Å². The highest BCUT2D eigenvalue weighted by Gasteiger charge is 2.17. The van der Waals surface area contributed by atoms with Gasteiger partial charge < -0.3 is 10.6 Å². The summed E-state index contributed by atoms with van der Waals surface area (Å²) in [4.78, 5) is 0. The maximum absolute atomic E-state index is 3.37. The Kier molecular flexibility index (Phi) is 7.51.